The van der Waals surface area contributed by atoms with Crippen molar-refractivity contribution in [1.82, 2.24) is 10.6 Å². The number of terminal acetylenes is 1. The third-order valence-electron chi connectivity index (χ3n) is 3.42. The minimum atomic E-state index is 0.457. The van der Waals surface area contributed by atoms with E-state index in [4.69, 9.17) is 11.2 Å². The van der Waals surface area contributed by atoms with Gasteiger partial charge in [0.05, 0.1) is 13.2 Å². The molecule has 1 aromatic rings. The molecule has 0 unspecified atom stereocenters. The van der Waals surface area contributed by atoms with Crippen molar-refractivity contribution in [2.45, 2.75) is 26.3 Å². The first kappa shape index (κ1) is 15.2. The SMILES string of the molecule is C#CCNC(=NC)NCc1ccc(C)cc1OCC1CC1. The standard InChI is InChI=1S/C17H23N3O/c1-4-9-19-17(18-3)20-11-15-8-5-13(2)10-16(15)21-12-14-6-7-14/h1,5,8,10,14H,6-7,9,11-12H2,2-3H3,(H2,18,19,20). The van der Waals surface area contributed by atoms with E-state index in [1.807, 2.05) is 0 Å². The zero-order valence-electron chi connectivity index (χ0n) is 12.8. The maximum Gasteiger partial charge on any atom is 0.192 e. The van der Waals surface area contributed by atoms with Crippen molar-refractivity contribution in [3.63, 3.8) is 0 Å². The second kappa shape index (κ2) is 7.58. The average Bonchev–Trinajstić information content (AvgIpc) is 3.31. The quantitative estimate of drug-likeness (QED) is 0.478. The summed E-state index contributed by atoms with van der Waals surface area (Å²) < 4.78 is 5.96. The molecule has 4 heteroatoms. The second-order valence-corrected chi connectivity index (χ2v) is 5.35. The van der Waals surface area contributed by atoms with Gasteiger partial charge in [0.15, 0.2) is 5.96 Å². The first-order valence-corrected chi connectivity index (χ1v) is 7.33. The number of aliphatic imine (C=N–C) groups is 1. The van der Waals surface area contributed by atoms with Crippen LogP contribution in [0.1, 0.15) is 24.0 Å². The third kappa shape index (κ3) is 5.03. The summed E-state index contributed by atoms with van der Waals surface area (Å²) in [6.45, 7) is 4.01. The number of rotatable bonds is 6. The van der Waals surface area contributed by atoms with Crippen LogP contribution >= 0.6 is 0 Å². The van der Waals surface area contributed by atoms with Crippen LogP contribution in [0.3, 0.4) is 0 Å². The monoisotopic (exact) mass is 285 g/mol. The lowest BCUT2D eigenvalue weighted by Gasteiger charge is -2.14. The molecule has 0 aromatic heterocycles. The van der Waals surface area contributed by atoms with Crippen LogP contribution in [0.5, 0.6) is 5.75 Å². The summed E-state index contributed by atoms with van der Waals surface area (Å²) in [5.74, 6) is 4.94. The molecule has 0 spiro atoms. The van der Waals surface area contributed by atoms with Crippen LogP contribution in [0.2, 0.25) is 0 Å². The normalized spacial score (nSPS) is 14.4. The number of ether oxygens (including phenoxy) is 1. The first-order chi connectivity index (χ1) is 10.2. The lowest BCUT2D eigenvalue weighted by Crippen LogP contribution is -2.37. The highest BCUT2D eigenvalue weighted by molar-refractivity contribution is 5.79. The number of aryl methyl sites for hydroxylation is 1. The number of benzene rings is 1. The molecule has 0 radical (unpaired) electrons. The topological polar surface area (TPSA) is 45.7 Å². The molecular weight excluding hydrogens is 262 g/mol. The van der Waals surface area contributed by atoms with Crippen LogP contribution in [-0.4, -0.2) is 26.2 Å². The minimum Gasteiger partial charge on any atom is -0.493 e. The van der Waals surface area contributed by atoms with Gasteiger partial charge in [0.2, 0.25) is 0 Å². The van der Waals surface area contributed by atoms with E-state index in [-0.39, 0.29) is 0 Å². The lowest BCUT2D eigenvalue weighted by atomic mass is 10.1. The van der Waals surface area contributed by atoms with Crippen molar-refractivity contribution in [2.75, 3.05) is 20.2 Å². The smallest absolute Gasteiger partial charge is 0.192 e. The highest BCUT2D eigenvalue weighted by Gasteiger charge is 2.22. The number of nitrogens with one attached hydrogen (secondary N) is 2. The van der Waals surface area contributed by atoms with E-state index in [1.165, 1.54) is 18.4 Å². The van der Waals surface area contributed by atoms with E-state index in [9.17, 15) is 0 Å². The maximum atomic E-state index is 5.96. The van der Waals surface area contributed by atoms with Gasteiger partial charge in [-0.3, -0.25) is 4.99 Å². The summed E-state index contributed by atoms with van der Waals surface area (Å²) in [4.78, 5) is 4.13. The highest BCUT2D eigenvalue weighted by Crippen LogP contribution is 2.30. The molecule has 1 aliphatic rings. The summed E-state index contributed by atoms with van der Waals surface area (Å²) in [6.07, 6.45) is 7.83. The molecule has 4 nitrogen and oxygen atoms in total. The van der Waals surface area contributed by atoms with E-state index in [0.29, 0.717) is 19.0 Å². The van der Waals surface area contributed by atoms with E-state index in [2.05, 4.69) is 46.7 Å². The van der Waals surface area contributed by atoms with E-state index in [1.54, 1.807) is 7.05 Å². The Morgan fingerprint density at radius 1 is 1.43 bits per heavy atom. The van der Waals surface area contributed by atoms with E-state index in [0.717, 1.165) is 23.8 Å². The van der Waals surface area contributed by atoms with Crippen molar-refractivity contribution in [3.05, 3.63) is 29.3 Å². The second-order valence-electron chi connectivity index (χ2n) is 5.35. The Hall–Kier alpha value is -2.15. The summed E-state index contributed by atoms with van der Waals surface area (Å²) in [6, 6.07) is 6.29. The lowest BCUT2D eigenvalue weighted by molar-refractivity contribution is 0.296. The van der Waals surface area contributed by atoms with Crippen LogP contribution in [0.15, 0.2) is 23.2 Å². The van der Waals surface area contributed by atoms with Gasteiger partial charge in [-0.05, 0) is 37.3 Å². The van der Waals surface area contributed by atoms with Crippen LogP contribution in [0, 0.1) is 25.2 Å². The van der Waals surface area contributed by atoms with Gasteiger partial charge >= 0.3 is 0 Å². The highest BCUT2D eigenvalue weighted by atomic mass is 16.5. The van der Waals surface area contributed by atoms with Crippen molar-refractivity contribution in [2.24, 2.45) is 10.9 Å². The van der Waals surface area contributed by atoms with Crippen molar-refractivity contribution >= 4 is 5.96 Å². The van der Waals surface area contributed by atoms with Crippen LogP contribution in [-0.2, 0) is 6.54 Å². The maximum absolute atomic E-state index is 5.96. The van der Waals surface area contributed by atoms with Crippen molar-refractivity contribution in [1.29, 1.82) is 0 Å². The fourth-order valence-corrected chi connectivity index (χ4v) is 1.97. The Labute approximate surface area is 127 Å². The van der Waals surface area contributed by atoms with Gasteiger partial charge in [0.1, 0.15) is 5.75 Å². The van der Waals surface area contributed by atoms with Crippen LogP contribution in [0.25, 0.3) is 0 Å². The van der Waals surface area contributed by atoms with Gasteiger partial charge in [-0.1, -0.05) is 18.1 Å². The molecule has 1 saturated carbocycles. The predicted octanol–water partition coefficient (Wildman–Crippen LogP) is 2.08. The molecule has 0 aliphatic heterocycles. The Morgan fingerprint density at radius 3 is 2.90 bits per heavy atom. The molecule has 1 aliphatic carbocycles. The summed E-state index contributed by atoms with van der Waals surface area (Å²) >= 11 is 0. The van der Waals surface area contributed by atoms with E-state index < -0.39 is 0 Å². The summed E-state index contributed by atoms with van der Waals surface area (Å²) in [5.41, 5.74) is 2.34. The molecule has 2 N–H and O–H groups in total. The molecule has 0 amide bonds. The Balaban J connectivity index is 1.95. The predicted molar refractivity (Wildman–Crippen MR) is 86.4 cm³/mol. The van der Waals surface area contributed by atoms with Gasteiger partial charge in [0.25, 0.3) is 0 Å². The number of hydrogen-bond donors (Lipinski definition) is 2. The summed E-state index contributed by atoms with van der Waals surface area (Å²) in [5, 5.41) is 6.29. The zero-order chi connectivity index (χ0) is 15.1. The molecule has 0 heterocycles. The van der Waals surface area contributed by atoms with Gasteiger partial charge < -0.3 is 15.4 Å². The molecule has 112 valence electrons. The Bertz CT molecular complexity index is 541. The zero-order valence-corrected chi connectivity index (χ0v) is 12.8. The van der Waals surface area contributed by atoms with Gasteiger partial charge in [-0.25, -0.2) is 0 Å². The number of guanidine groups is 1. The minimum absolute atomic E-state index is 0.457. The van der Waals surface area contributed by atoms with E-state index >= 15 is 0 Å². The number of nitrogens with zero attached hydrogens (tertiary/aromatic N) is 1. The Morgan fingerprint density at radius 2 is 2.24 bits per heavy atom. The molecule has 1 fully saturated rings. The Kier molecular flexibility index (Phi) is 5.51. The van der Waals surface area contributed by atoms with Crippen LogP contribution < -0.4 is 15.4 Å². The van der Waals surface area contributed by atoms with Crippen molar-refractivity contribution < 1.29 is 4.74 Å². The van der Waals surface area contributed by atoms with Crippen molar-refractivity contribution in [3.8, 4) is 18.1 Å². The number of hydrogen-bond acceptors (Lipinski definition) is 2. The molecule has 0 atom stereocenters. The summed E-state index contributed by atoms with van der Waals surface area (Å²) in [7, 11) is 1.73. The van der Waals surface area contributed by atoms with Crippen LogP contribution in [0.4, 0.5) is 0 Å². The molecule has 1 aromatic carbocycles. The first-order valence-electron chi connectivity index (χ1n) is 7.33. The average molecular weight is 285 g/mol. The van der Waals surface area contributed by atoms with Gasteiger partial charge in [-0.2, -0.15) is 0 Å². The third-order valence-corrected chi connectivity index (χ3v) is 3.42. The molecule has 0 saturated heterocycles. The molecule has 2 rings (SSSR count). The fourth-order valence-electron chi connectivity index (χ4n) is 1.97. The molecule has 21 heavy (non-hydrogen) atoms. The molecular formula is C17H23N3O. The largest absolute Gasteiger partial charge is 0.493 e. The fraction of sp³-hybridized carbons (Fsp3) is 0.471. The molecule has 0 bridgehead atoms. The van der Waals surface area contributed by atoms with Gasteiger partial charge in [-0.15, -0.1) is 6.42 Å². The van der Waals surface area contributed by atoms with Gasteiger partial charge in [0, 0.05) is 19.2 Å².